The third kappa shape index (κ3) is 3.22. The first-order chi connectivity index (χ1) is 11.8. The fourth-order valence-corrected chi connectivity index (χ4v) is 3.83. The molecule has 24 heavy (non-hydrogen) atoms. The fourth-order valence-electron chi connectivity index (χ4n) is 3.83. The van der Waals surface area contributed by atoms with Gasteiger partial charge in [-0.2, -0.15) is 0 Å². The summed E-state index contributed by atoms with van der Waals surface area (Å²) >= 11 is 0. The van der Waals surface area contributed by atoms with E-state index in [1.807, 2.05) is 0 Å². The Morgan fingerprint density at radius 3 is 2.17 bits per heavy atom. The minimum Gasteiger partial charge on any atom is -0.299 e. The van der Waals surface area contributed by atoms with Crippen LogP contribution in [0.25, 0.3) is 21.9 Å². The number of hydrogen-bond acceptors (Lipinski definition) is 1. The molecule has 1 nitrogen and oxygen atoms in total. The van der Waals surface area contributed by atoms with Crippen LogP contribution >= 0.6 is 0 Å². The topological polar surface area (TPSA) is 3.24 Å². The van der Waals surface area contributed by atoms with Crippen molar-refractivity contribution in [3.05, 3.63) is 71.8 Å². The predicted octanol–water partition coefficient (Wildman–Crippen LogP) is 5.80. The fraction of sp³-hybridized carbons (Fsp3) is 0.304. The van der Waals surface area contributed by atoms with Gasteiger partial charge in [-0.3, -0.25) is 4.90 Å². The lowest BCUT2D eigenvalue weighted by Gasteiger charge is -2.26. The zero-order valence-electron chi connectivity index (χ0n) is 14.5. The monoisotopic (exact) mass is 315 g/mol. The number of hydrogen-bond donors (Lipinski definition) is 0. The molecule has 1 aliphatic heterocycles. The Morgan fingerprint density at radius 2 is 1.46 bits per heavy atom. The third-order valence-corrected chi connectivity index (χ3v) is 5.21. The maximum absolute atomic E-state index is 2.58. The first-order valence-corrected chi connectivity index (χ1v) is 9.11. The van der Waals surface area contributed by atoms with Crippen LogP contribution in [0.15, 0.2) is 60.7 Å². The van der Waals surface area contributed by atoms with Crippen LogP contribution in [-0.2, 0) is 6.54 Å². The van der Waals surface area contributed by atoms with E-state index < -0.39 is 0 Å². The summed E-state index contributed by atoms with van der Waals surface area (Å²) in [6.45, 7) is 5.82. The molecule has 1 aliphatic rings. The van der Waals surface area contributed by atoms with Gasteiger partial charge in [0.15, 0.2) is 0 Å². The Balaban J connectivity index is 1.59. The molecule has 0 unspecified atom stereocenters. The number of rotatable bonds is 3. The van der Waals surface area contributed by atoms with Gasteiger partial charge in [0.25, 0.3) is 0 Å². The summed E-state index contributed by atoms with van der Waals surface area (Å²) in [6.07, 6.45) is 4.11. The first-order valence-electron chi connectivity index (χ1n) is 9.11. The molecule has 0 N–H and O–H groups in total. The van der Waals surface area contributed by atoms with E-state index in [4.69, 9.17) is 0 Å². The summed E-state index contributed by atoms with van der Waals surface area (Å²) < 4.78 is 0. The van der Waals surface area contributed by atoms with Crippen molar-refractivity contribution in [3.8, 4) is 11.1 Å². The molecule has 122 valence electrons. The summed E-state index contributed by atoms with van der Waals surface area (Å²) in [5.41, 5.74) is 5.44. The third-order valence-electron chi connectivity index (χ3n) is 5.21. The van der Waals surface area contributed by atoms with Crippen LogP contribution in [0.3, 0.4) is 0 Å². The lowest BCUT2D eigenvalue weighted by atomic mass is 9.95. The average molecular weight is 315 g/mol. The van der Waals surface area contributed by atoms with Crippen LogP contribution in [0.1, 0.15) is 30.4 Å². The number of nitrogens with zero attached hydrogens (tertiary/aromatic N) is 1. The first kappa shape index (κ1) is 15.4. The molecule has 0 radical (unpaired) electrons. The molecule has 1 saturated heterocycles. The minimum atomic E-state index is 1.09. The smallest absolute Gasteiger partial charge is 0.0233 e. The molecule has 4 rings (SSSR count). The van der Waals surface area contributed by atoms with Gasteiger partial charge < -0.3 is 0 Å². The van der Waals surface area contributed by atoms with Gasteiger partial charge in [-0.1, -0.05) is 61.0 Å². The van der Waals surface area contributed by atoms with Crippen molar-refractivity contribution < 1.29 is 0 Å². The Labute approximate surface area is 144 Å². The molecular weight excluding hydrogens is 290 g/mol. The van der Waals surface area contributed by atoms with Crippen molar-refractivity contribution in [3.63, 3.8) is 0 Å². The van der Waals surface area contributed by atoms with Crippen LogP contribution in [-0.4, -0.2) is 18.0 Å². The van der Waals surface area contributed by atoms with Gasteiger partial charge in [-0.25, -0.2) is 0 Å². The Hall–Kier alpha value is -2.12. The predicted molar refractivity (Wildman–Crippen MR) is 103 cm³/mol. The lowest BCUT2D eigenvalue weighted by Crippen LogP contribution is -2.28. The van der Waals surface area contributed by atoms with Crippen LogP contribution in [0.4, 0.5) is 0 Å². The summed E-state index contributed by atoms with van der Waals surface area (Å²) in [5.74, 6) is 0. The van der Waals surface area contributed by atoms with Gasteiger partial charge in [0, 0.05) is 6.54 Å². The van der Waals surface area contributed by atoms with Gasteiger partial charge >= 0.3 is 0 Å². The second-order valence-electron chi connectivity index (χ2n) is 7.05. The Morgan fingerprint density at radius 1 is 0.792 bits per heavy atom. The van der Waals surface area contributed by atoms with E-state index in [9.17, 15) is 0 Å². The van der Waals surface area contributed by atoms with E-state index in [1.165, 1.54) is 65.4 Å². The number of fused-ring (bicyclic) bond motifs is 1. The molecule has 0 aliphatic carbocycles. The van der Waals surface area contributed by atoms with Crippen molar-refractivity contribution >= 4 is 10.8 Å². The number of aryl methyl sites for hydroxylation is 1. The normalized spacial score (nSPS) is 15.7. The molecule has 0 bridgehead atoms. The van der Waals surface area contributed by atoms with E-state index in [2.05, 4.69) is 72.5 Å². The van der Waals surface area contributed by atoms with Gasteiger partial charge in [-0.15, -0.1) is 0 Å². The summed E-state index contributed by atoms with van der Waals surface area (Å²) in [5, 5.41) is 2.64. The summed E-state index contributed by atoms with van der Waals surface area (Å²) in [6, 6.07) is 22.4. The second-order valence-corrected chi connectivity index (χ2v) is 7.05. The molecule has 0 aromatic heterocycles. The highest BCUT2D eigenvalue weighted by molar-refractivity contribution is 5.89. The average Bonchev–Trinajstić information content (AvgIpc) is 2.63. The standard InChI is InChI=1S/C23H25N/c1-18-15-21-7-3-4-8-22(21)16-23(18)20-11-9-19(10-12-20)17-24-13-5-2-6-14-24/h3-4,7-12,15-16H,2,5-6,13-14,17H2,1H3. The number of likely N-dealkylation sites (tertiary alicyclic amines) is 1. The van der Waals surface area contributed by atoms with Crippen molar-refractivity contribution in [2.45, 2.75) is 32.7 Å². The molecular formula is C23H25N. The summed E-state index contributed by atoms with van der Waals surface area (Å²) in [4.78, 5) is 2.58. The van der Waals surface area contributed by atoms with Crippen LogP contribution in [0.2, 0.25) is 0 Å². The summed E-state index contributed by atoms with van der Waals surface area (Å²) in [7, 11) is 0. The van der Waals surface area contributed by atoms with Crippen LogP contribution < -0.4 is 0 Å². The Kier molecular flexibility index (Phi) is 4.36. The number of benzene rings is 3. The largest absolute Gasteiger partial charge is 0.299 e. The molecule has 0 amide bonds. The van der Waals surface area contributed by atoms with Crippen LogP contribution in [0.5, 0.6) is 0 Å². The van der Waals surface area contributed by atoms with Gasteiger partial charge in [0.05, 0.1) is 0 Å². The number of piperidine rings is 1. The molecule has 3 aromatic carbocycles. The molecule has 0 atom stereocenters. The maximum Gasteiger partial charge on any atom is 0.0233 e. The zero-order valence-corrected chi connectivity index (χ0v) is 14.5. The van der Waals surface area contributed by atoms with Crippen molar-refractivity contribution in [1.82, 2.24) is 4.90 Å². The van der Waals surface area contributed by atoms with E-state index in [0.717, 1.165) is 6.54 Å². The Bertz CT molecular complexity index is 826. The van der Waals surface area contributed by atoms with Crippen molar-refractivity contribution in [2.24, 2.45) is 0 Å². The maximum atomic E-state index is 2.58. The van der Waals surface area contributed by atoms with E-state index in [-0.39, 0.29) is 0 Å². The van der Waals surface area contributed by atoms with E-state index in [0.29, 0.717) is 0 Å². The molecule has 3 aromatic rings. The second kappa shape index (κ2) is 6.78. The molecule has 1 heteroatoms. The van der Waals surface area contributed by atoms with Crippen molar-refractivity contribution in [2.75, 3.05) is 13.1 Å². The van der Waals surface area contributed by atoms with E-state index in [1.54, 1.807) is 0 Å². The van der Waals surface area contributed by atoms with Gasteiger partial charge in [0.2, 0.25) is 0 Å². The zero-order chi connectivity index (χ0) is 16.4. The SMILES string of the molecule is Cc1cc2ccccc2cc1-c1ccc(CN2CCCCC2)cc1. The quantitative estimate of drug-likeness (QED) is 0.590. The lowest BCUT2D eigenvalue weighted by molar-refractivity contribution is 0.221. The minimum absolute atomic E-state index is 1.09. The van der Waals surface area contributed by atoms with E-state index >= 15 is 0 Å². The van der Waals surface area contributed by atoms with Gasteiger partial charge in [0.1, 0.15) is 0 Å². The van der Waals surface area contributed by atoms with Crippen LogP contribution in [0, 0.1) is 6.92 Å². The highest BCUT2D eigenvalue weighted by atomic mass is 15.1. The molecule has 1 fully saturated rings. The molecule has 0 saturated carbocycles. The highest BCUT2D eigenvalue weighted by Gasteiger charge is 2.10. The molecule has 0 spiro atoms. The highest BCUT2D eigenvalue weighted by Crippen LogP contribution is 2.28. The molecule has 1 heterocycles. The van der Waals surface area contributed by atoms with Crippen molar-refractivity contribution in [1.29, 1.82) is 0 Å². The van der Waals surface area contributed by atoms with Gasteiger partial charge in [-0.05, 0) is 71.9 Å².